The van der Waals surface area contributed by atoms with Crippen LogP contribution in [0.1, 0.15) is 21.7 Å². The second kappa shape index (κ2) is 8.05. The molecule has 140 valence electrons. The van der Waals surface area contributed by atoms with E-state index >= 15 is 0 Å². The molecule has 27 heavy (non-hydrogen) atoms. The van der Waals surface area contributed by atoms with Crippen molar-refractivity contribution in [2.45, 2.75) is 13.5 Å². The van der Waals surface area contributed by atoms with Gasteiger partial charge in [-0.25, -0.2) is 0 Å². The van der Waals surface area contributed by atoms with Gasteiger partial charge < -0.3 is 19.6 Å². The molecule has 0 unspecified atom stereocenters. The maximum Gasteiger partial charge on any atom is 0.259 e. The lowest BCUT2D eigenvalue weighted by Gasteiger charge is -2.13. The van der Waals surface area contributed by atoms with Crippen molar-refractivity contribution in [1.82, 2.24) is 0 Å². The van der Waals surface area contributed by atoms with E-state index in [-0.39, 0.29) is 22.9 Å². The number of hydrogen-bond donors (Lipinski definition) is 2. The third-order valence-electron chi connectivity index (χ3n) is 4.04. The number of aliphatic hydroxyl groups excluding tert-OH is 1. The number of rotatable bonds is 5. The van der Waals surface area contributed by atoms with Crippen LogP contribution in [0.4, 0.5) is 5.69 Å². The van der Waals surface area contributed by atoms with E-state index in [1.807, 2.05) is 19.1 Å². The summed E-state index contributed by atoms with van der Waals surface area (Å²) in [6, 6.07) is 12.0. The summed E-state index contributed by atoms with van der Waals surface area (Å²) in [5.74, 6) is 0.922. The van der Waals surface area contributed by atoms with E-state index in [0.717, 1.165) is 11.1 Å². The molecular formula is C20H17Cl2NO4. The van der Waals surface area contributed by atoms with Gasteiger partial charge in [-0.3, -0.25) is 4.79 Å². The predicted molar refractivity (Wildman–Crippen MR) is 106 cm³/mol. The first-order chi connectivity index (χ1) is 12.9. The second-order valence-corrected chi connectivity index (χ2v) is 6.72. The zero-order chi connectivity index (χ0) is 19.6. The van der Waals surface area contributed by atoms with Gasteiger partial charge in [0.2, 0.25) is 0 Å². The van der Waals surface area contributed by atoms with Gasteiger partial charge in [0.1, 0.15) is 23.9 Å². The number of carbonyl (C=O) groups is 1. The van der Waals surface area contributed by atoms with Crippen LogP contribution < -0.4 is 10.1 Å². The van der Waals surface area contributed by atoms with Gasteiger partial charge in [-0.15, -0.1) is 0 Å². The molecule has 2 aromatic carbocycles. The van der Waals surface area contributed by atoms with Crippen molar-refractivity contribution in [3.8, 4) is 17.1 Å². The lowest BCUT2D eigenvalue weighted by atomic mass is 10.1. The first-order valence-electron chi connectivity index (χ1n) is 8.08. The van der Waals surface area contributed by atoms with E-state index < -0.39 is 5.91 Å². The van der Waals surface area contributed by atoms with Crippen LogP contribution in [0, 0.1) is 6.92 Å². The van der Waals surface area contributed by atoms with E-state index in [1.165, 1.54) is 19.2 Å². The summed E-state index contributed by atoms with van der Waals surface area (Å²) in [5.41, 5.74) is 2.48. The Balaban J connectivity index is 1.94. The largest absolute Gasteiger partial charge is 0.494 e. The zero-order valence-corrected chi connectivity index (χ0v) is 16.2. The summed E-state index contributed by atoms with van der Waals surface area (Å²) in [6.45, 7) is 1.70. The lowest BCUT2D eigenvalue weighted by molar-refractivity contribution is 0.102. The van der Waals surface area contributed by atoms with Gasteiger partial charge in [-0.2, -0.15) is 0 Å². The minimum atomic E-state index is -0.396. The van der Waals surface area contributed by atoms with Gasteiger partial charge >= 0.3 is 0 Å². The number of nitrogens with one attached hydrogen (secondary N) is 1. The van der Waals surface area contributed by atoms with Crippen LogP contribution in [0.15, 0.2) is 46.9 Å². The second-order valence-electron chi connectivity index (χ2n) is 5.88. The highest BCUT2D eigenvalue weighted by Crippen LogP contribution is 2.33. The summed E-state index contributed by atoms with van der Waals surface area (Å²) in [7, 11) is 1.44. The highest BCUT2D eigenvalue weighted by Gasteiger charge is 2.18. The highest BCUT2D eigenvalue weighted by atomic mass is 35.5. The molecule has 0 aliphatic carbocycles. The molecule has 0 saturated heterocycles. The quantitative estimate of drug-likeness (QED) is 0.602. The van der Waals surface area contributed by atoms with Crippen molar-refractivity contribution in [1.29, 1.82) is 0 Å². The number of hydrogen-bond acceptors (Lipinski definition) is 4. The molecule has 3 rings (SSSR count). The van der Waals surface area contributed by atoms with Crippen molar-refractivity contribution in [2.75, 3.05) is 12.4 Å². The highest BCUT2D eigenvalue weighted by molar-refractivity contribution is 6.36. The first kappa shape index (κ1) is 19.3. The Morgan fingerprint density at radius 1 is 1.19 bits per heavy atom. The minimum Gasteiger partial charge on any atom is -0.494 e. The third kappa shape index (κ3) is 4.11. The number of ether oxygens (including phenoxy) is 1. The van der Waals surface area contributed by atoms with E-state index in [4.69, 9.17) is 37.5 Å². The number of aryl methyl sites for hydroxylation is 1. The molecule has 5 nitrogen and oxygen atoms in total. The number of benzene rings is 2. The number of carbonyl (C=O) groups excluding carboxylic acids is 1. The molecule has 3 aromatic rings. The number of anilines is 1. The molecule has 0 saturated carbocycles. The molecule has 0 fully saturated rings. The van der Waals surface area contributed by atoms with Crippen LogP contribution >= 0.6 is 23.2 Å². The summed E-state index contributed by atoms with van der Waals surface area (Å²) >= 11 is 12.1. The van der Waals surface area contributed by atoms with Crippen LogP contribution in [0.5, 0.6) is 5.75 Å². The number of furan rings is 1. The molecule has 1 heterocycles. The van der Waals surface area contributed by atoms with Crippen molar-refractivity contribution in [2.24, 2.45) is 0 Å². The van der Waals surface area contributed by atoms with Gasteiger partial charge in [0.25, 0.3) is 5.91 Å². The fourth-order valence-electron chi connectivity index (χ4n) is 2.65. The number of methoxy groups -OCH3 is 1. The molecular weight excluding hydrogens is 389 g/mol. The van der Waals surface area contributed by atoms with Crippen molar-refractivity contribution >= 4 is 34.8 Å². The Morgan fingerprint density at radius 3 is 2.63 bits per heavy atom. The van der Waals surface area contributed by atoms with E-state index in [9.17, 15) is 4.79 Å². The molecule has 0 bridgehead atoms. The fourth-order valence-corrected chi connectivity index (χ4v) is 3.22. The predicted octanol–water partition coefficient (Wildman–Crippen LogP) is 5.32. The van der Waals surface area contributed by atoms with Crippen LogP contribution in [-0.4, -0.2) is 18.1 Å². The average Bonchev–Trinajstić information content (AvgIpc) is 3.12. The molecule has 0 aliphatic heterocycles. The monoisotopic (exact) mass is 405 g/mol. The molecule has 0 atom stereocenters. The zero-order valence-electron chi connectivity index (χ0n) is 14.7. The molecule has 1 amide bonds. The first-order valence-corrected chi connectivity index (χ1v) is 8.83. The topological polar surface area (TPSA) is 71.7 Å². The Hall–Kier alpha value is -2.47. The van der Waals surface area contributed by atoms with Crippen molar-refractivity contribution in [3.63, 3.8) is 0 Å². The van der Waals surface area contributed by atoms with Crippen molar-refractivity contribution in [3.05, 3.63) is 69.4 Å². The lowest BCUT2D eigenvalue weighted by Crippen LogP contribution is -2.14. The summed E-state index contributed by atoms with van der Waals surface area (Å²) < 4.78 is 10.8. The van der Waals surface area contributed by atoms with Gasteiger partial charge in [0.15, 0.2) is 0 Å². The molecule has 7 heteroatoms. The number of halogens is 2. The molecule has 2 N–H and O–H groups in total. The smallest absolute Gasteiger partial charge is 0.259 e. The van der Waals surface area contributed by atoms with Gasteiger partial charge in [0, 0.05) is 16.3 Å². The van der Waals surface area contributed by atoms with Gasteiger partial charge in [-0.05, 0) is 42.8 Å². The fraction of sp³-hybridized carbons (Fsp3) is 0.150. The maximum absolute atomic E-state index is 12.8. The molecule has 0 radical (unpaired) electrons. The van der Waals surface area contributed by atoms with E-state index in [1.54, 1.807) is 18.2 Å². The Kier molecular flexibility index (Phi) is 5.75. The van der Waals surface area contributed by atoms with Crippen LogP contribution in [0.2, 0.25) is 10.0 Å². The summed E-state index contributed by atoms with van der Waals surface area (Å²) in [5, 5.41) is 12.6. The Morgan fingerprint density at radius 2 is 1.96 bits per heavy atom. The van der Waals surface area contributed by atoms with Gasteiger partial charge in [-0.1, -0.05) is 35.3 Å². The van der Waals surface area contributed by atoms with Gasteiger partial charge in [0.05, 0.1) is 17.7 Å². The van der Waals surface area contributed by atoms with E-state index in [2.05, 4.69) is 5.32 Å². The standard InChI is InChI=1S/C20H17Cl2NO4/c1-11-3-4-12(18-6-5-14(10-24)27-18)7-17(11)23-20(25)15-8-13(21)9-16(22)19(15)26-2/h3-9,24H,10H2,1-2H3,(H,23,25). The average molecular weight is 406 g/mol. The van der Waals surface area contributed by atoms with Crippen LogP contribution in [0.25, 0.3) is 11.3 Å². The summed E-state index contributed by atoms with van der Waals surface area (Å²) in [6.07, 6.45) is 0. The Labute approximate surface area is 166 Å². The van der Waals surface area contributed by atoms with Crippen LogP contribution in [0.3, 0.4) is 0 Å². The normalized spacial score (nSPS) is 10.7. The maximum atomic E-state index is 12.8. The SMILES string of the molecule is COc1c(Cl)cc(Cl)cc1C(=O)Nc1cc(-c2ccc(CO)o2)ccc1C. The molecule has 0 spiro atoms. The van der Waals surface area contributed by atoms with Crippen LogP contribution in [-0.2, 0) is 6.61 Å². The third-order valence-corrected chi connectivity index (χ3v) is 4.54. The number of amides is 1. The summed E-state index contributed by atoms with van der Waals surface area (Å²) in [4.78, 5) is 12.8. The van der Waals surface area contributed by atoms with Crippen molar-refractivity contribution < 1.29 is 19.1 Å². The Bertz CT molecular complexity index is 998. The minimum absolute atomic E-state index is 0.176. The van der Waals surface area contributed by atoms with E-state index in [0.29, 0.717) is 22.2 Å². The molecule has 0 aliphatic rings. The number of aliphatic hydroxyl groups is 1. The molecule has 1 aromatic heterocycles.